The molecule has 0 aliphatic rings. The Bertz CT molecular complexity index is 639. The monoisotopic (exact) mass is 394 g/mol. The molecule has 0 radical (unpaired) electrons. The van der Waals surface area contributed by atoms with Crippen LogP contribution in [0.15, 0.2) is 53.6 Å². The van der Waals surface area contributed by atoms with E-state index in [-0.39, 0.29) is 5.91 Å². The molecule has 2 rings (SSSR count). The first-order chi connectivity index (χ1) is 10.2. The van der Waals surface area contributed by atoms with E-state index in [1.807, 2.05) is 49.4 Å². The molecule has 0 bridgehead atoms. The summed E-state index contributed by atoms with van der Waals surface area (Å²) in [6.45, 7) is 2.58. The van der Waals surface area contributed by atoms with Gasteiger partial charge in [-0.2, -0.15) is 5.10 Å². The molecule has 0 spiro atoms. The van der Waals surface area contributed by atoms with Crippen LogP contribution in [-0.4, -0.2) is 18.7 Å². The molecule has 1 N–H and O–H groups in total. The van der Waals surface area contributed by atoms with Gasteiger partial charge in [0.05, 0.1) is 12.8 Å². The molecule has 0 aliphatic heterocycles. The number of ether oxygens (including phenoxy) is 1. The molecule has 2 aromatic rings. The predicted molar refractivity (Wildman–Crippen MR) is 91.8 cm³/mol. The van der Waals surface area contributed by atoms with Crippen molar-refractivity contribution in [2.24, 2.45) is 5.10 Å². The zero-order valence-corrected chi connectivity index (χ0v) is 13.7. The van der Waals surface area contributed by atoms with Gasteiger partial charge in [-0.15, -0.1) is 0 Å². The number of nitrogens with one attached hydrogen (secondary N) is 1. The Balaban J connectivity index is 1.94. The van der Waals surface area contributed by atoms with E-state index in [0.29, 0.717) is 12.2 Å². The summed E-state index contributed by atoms with van der Waals surface area (Å²) in [6.07, 6.45) is 1.60. The molecule has 1 amide bonds. The normalized spacial score (nSPS) is 10.6. The quantitative estimate of drug-likeness (QED) is 0.480. The van der Waals surface area contributed by atoms with E-state index in [4.69, 9.17) is 4.74 Å². The van der Waals surface area contributed by atoms with Crippen LogP contribution in [0.3, 0.4) is 0 Å². The number of nitrogens with zero attached hydrogens (tertiary/aromatic N) is 1. The molecule has 2 aromatic carbocycles. The number of rotatable bonds is 5. The molecular weight excluding hydrogens is 379 g/mol. The molecule has 5 heteroatoms. The number of hydrogen-bond acceptors (Lipinski definition) is 3. The molecule has 0 heterocycles. The molecule has 0 saturated heterocycles. The molecule has 0 atom stereocenters. The summed E-state index contributed by atoms with van der Waals surface area (Å²) in [5.74, 6) is 0.591. The molecule has 108 valence electrons. The van der Waals surface area contributed by atoms with Crippen molar-refractivity contribution in [3.63, 3.8) is 0 Å². The van der Waals surface area contributed by atoms with Gasteiger partial charge in [0.2, 0.25) is 0 Å². The van der Waals surface area contributed by atoms with E-state index < -0.39 is 0 Å². The maximum atomic E-state index is 11.9. The molecule has 4 nitrogen and oxygen atoms in total. The van der Waals surface area contributed by atoms with Gasteiger partial charge in [-0.1, -0.05) is 6.07 Å². The highest BCUT2D eigenvalue weighted by molar-refractivity contribution is 14.1. The average Bonchev–Trinajstić information content (AvgIpc) is 2.49. The Morgan fingerprint density at radius 1 is 1.29 bits per heavy atom. The number of hydrogen-bond donors (Lipinski definition) is 1. The Morgan fingerprint density at radius 2 is 2.05 bits per heavy atom. The third-order valence-electron chi connectivity index (χ3n) is 2.66. The van der Waals surface area contributed by atoms with Crippen LogP contribution in [0.25, 0.3) is 0 Å². The first kappa shape index (κ1) is 15.5. The first-order valence-electron chi connectivity index (χ1n) is 6.51. The maximum Gasteiger partial charge on any atom is 0.271 e. The molecule has 0 fully saturated rings. The lowest BCUT2D eigenvalue weighted by Gasteiger charge is -2.02. The molecule has 0 unspecified atom stereocenters. The van der Waals surface area contributed by atoms with Crippen molar-refractivity contribution in [3.8, 4) is 5.75 Å². The number of hydrazone groups is 1. The summed E-state index contributed by atoms with van der Waals surface area (Å²) in [4.78, 5) is 11.9. The van der Waals surface area contributed by atoms with Crippen LogP contribution in [0.2, 0.25) is 0 Å². The van der Waals surface area contributed by atoms with Gasteiger partial charge in [0, 0.05) is 9.13 Å². The summed E-state index contributed by atoms with van der Waals surface area (Å²) >= 11 is 2.17. The lowest BCUT2D eigenvalue weighted by atomic mass is 10.2. The second-order valence-corrected chi connectivity index (χ2v) is 5.46. The summed E-state index contributed by atoms with van der Waals surface area (Å²) in [5.41, 5.74) is 3.99. The van der Waals surface area contributed by atoms with Gasteiger partial charge in [0.25, 0.3) is 5.91 Å². The minimum atomic E-state index is -0.226. The van der Waals surface area contributed by atoms with E-state index in [9.17, 15) is 4.79 Å². The number of benzene rings is 2. The highest BCUT2D eigenvalue weighted by Gasteiger charge is 2.03. The second-order valence-electron chi connectivity index (χ2n) is 4.21. The number of carbonyl (C=O) groups excluding carboxylic acids is 1. The van der Waals surface area contributed by atoms with Gasteiger partial charge in [0.15, 0.2) is 0 Å². The summed E-state index contributed by atoms with van der Waals surface area (Å²) < 4.78 is 6.37. The van der Waals surface area contributed by atoms with Crippen molar-refractivity contribution in [2.75, 3.05) is 6.61 Å². The Labute approximate surface area is 137 Å². The lowest BCUT2D eigenvalue weighted by Crippen LogP contribution is -2.17. The molecule has 0 saturated carbocycles. The van der Waals surface area contributed by atoms with E-state index in [1.54, 1.807) is 12.3 Å². The largest absolute Gasteiger partial charge is 0.494 e. The van der Waals surface area contributed by atoms with Gasteiger partial charge in [0.1, 0.15) is 5.75 Å². The fourth-order valence-electron chi connectivity index (χ4n) is 1.68. The van der Waals surface area contributed by atoms with Gasteiger partial charge in [-0.25, -0.2) is 5.43 Å². The van der Waals surface area contributed by atoms with Crippen molar-refractivity contribution in [1.29, 1.82) is 0 Å². The average molecular weight is 394 g/mol. The second kappa shape index (κ2) is 7.78. The Hall–Kier alpha value is -1.89. The topological polar surface area (TPSA) is 50.7 Å². The molecular formula is C16H15IN2O2. The van der Waals surface area contributed by atoms with Crippen LogP contribution in [0.1, 0.15) is 22.8 Å². The highest BCUT2D eigenvalue weighted by atomic mass is 127. The van der Waals surface area contributed by atoms with Crippen molar-refractivity contribution in [2.45, 2.75) is 6.92 Å². The van der Waals surface area contributed by atoms with Crippen molar-refractivity contribution in [1.82, 2.24) is 5.43 Å². The molecule has 0 aromatic heterocycles. The van der Waals surface area contributed by atoms with Crippen LogP contribution in [0.5, 0.6) is 5.75 Å². The van der Waals surface area contributed by atoms with Crippen LogP contribution in [0.4, 0.5) is 0 Å². The Morgan fingerprint density at radius 3 is 2.71 bits per heavy atom. The number of amides is 1. The smallest absolute Gasteiger partial charge is 0.271 e. The first-order valence-corrected chi connectivity index (χ1v) is 7.58. The zero-order valence-electron chi connectivity index (χ0n) is 11.5. The lowest BCUT2D eigenvalue weighted by molar-refractivity contribution is 0.0955. The van der Waals surface area contributed by atoms with E-state index in [0.717, 1.165) is 14.9 Å². The van der Waals surface area contributed by atoms with E-state index in [1.165, 1.54) is 0 Å². The number of halogens is 1. The summed E-state index contributed by atoms with van der Waals surface area (Å²) in [6, 6.07) is 14.8. The van der Waals surface area contributed by atoms with E-state index >= 15 is 0 Å². The summed E-state index contributed by atoms with van der Waals surface area (Å²) in [7, 11) is 0. The molecule has 21 heavy (non-hydrogen) atoms. The predicted octanol–water partition coefficient (Wildman–Crippen LogP) is 3.45. The van der Waals surface area contributed by atoms with Crippen LogP contribution in [0, 0.1) is 3.57 Å². The zero-order chi connectivity index (χ0) is 15.1. The van der Waals surface area contributed by atoms with Gasteiger partial charge in [-0.05, 0) is 77.5 Å². The Kier molecular flexibility index (Phi) is 5.74. The fraction of sp³-hybridized carbons (Fsp3) is 0.125. The van der Waals surface area contributed by atoms with Crippen molar-refractivity contribution < 1.29 is 9.53 Å². The molecule has 0 aliphatic carbocycles. The maximum absolute atomic E-state index is 11.9. The fourth-order valence-corrected chi connectivity index (χ4v) is 2.22. The van der Waals surface area contributed by atoms with Gasteiger partial charge >= 0.3 is 0 Å². The third kappa shape index (κ3) is 4.86. The summed E-state index contributed by atoms with van der Waals surface area (Å²) in [5, 5.41) is 3.96. The van der Waals surface area contributed by atoms with E-state index in [2.05, 4.69) is 33.1 Å². The minimum Gasteiger partial charge on any atom is -0.494 e. The van der Waals surface area contributed by atoms with Crippen molar-refractivity contribution in [3.05, 3.63) is 63.2 Å². The van der Waals surface area contributed by atoms with Gasteiger partial charge in [-0.3, -0.25) is 4.79 Å². The van der Waals surface area contributed by atoms with Crippen molar-refractivity contribution >= 4 is 34.7 Å². The standard InChI is InChI=1S/C16H15IN2O2/c1-2-21-15-8-6-12(7-9-15)11-18-19-16(20)13-4-3-5-14(17)10-13/h3-11H,2H2,1H3,(H,19,20)/b18-11-. The van der Waals surface area contributed by atoms with Crippen LogP contribution in [-0.2, 0) is 0 Å². The number of carbonyl (C=O) groups is 1. The SMILES string of the molecule is CCOc1ccc(/C=N\NC(=O)c2cccc(I)c2)cc1. The highest BCUT2D eigenvalue weighted by Crippen LogP contribution is 2.11. The van der Waals surface area contributed by atoms with Gasteiger partial charge < -0.3 is 4.74 Å². The minimum absolute atomic E-state index is 0.226. The van der Waals surface area contributed by atoms with Crippen LogP contribution >= 0.6 is 22.6 Å². The van der Waals surface area contributed by atoms with Crippen LogP contribution < -0.4 is 10.2 Å². The third-order valence-corrected chi connectivity index (χ3v) is 3.33.